The van der Waals surface area contributed by atoms with Gasteiger partial charge in [-0.25, -0.2) is 8.42 Å². The Hall–Kier alpha value is -1.20. The molecule has 1 aromatic carbocycles. The number of sulfonamides is 1. The minimum atomic E-state index is -4.10. The average Bonchev–Trinajstić information content (AvgIpc) is 2.27. The van der Waals surface area contributed by atoms with Crippen LogP contribution in [-0.2, 0) is 15.4 Å². The van der Waals surface area contributed by atoms with E-state index >= 15 is 0 Å². The van der Waals surface area contributed by atoms with E-state index in [0.717, 1.165) is 5.56 Å². The van der Waals surface area contributed by atoms with Crippen molar-refractivity contribution in [1.82, 2.24) is 5.14 Å². The molecule has 0 saturated carbocycles. The number of ketones is 1. The van der Waals surface area contributed by atoms with Crippen LogP contribution in [0.2, 0.25) is 0 Å². The van der Waals surface area contributed by atoms with Crippen LogP contribution >= 0.6 is 0 Å². The Morgan fingerprint density at radius 1 is 1.21 bits per heavy atom. The van der Waals surface area contributed by atoms with E-state index in [0.29, 0.717) is 5.56 Å². The lowest BCUT2D eigenvalue weighted by atomic mass is 9.86. The number of rotatable bonds is 4. The lowest BCUT2D eigenvalue weighted by molar-refractivity contribution is 0.0985. The lowest BCUT2D eigenvalue weighted by Crippen LogP contribution is -2.30. The first-order valence-corrected chi connectivity index (χ1v) is 7.75. The van der Waals surface area contributed by atoms with Crippen LogP contribution in [0.4, 0.5) is 0 Å². The van der Waals surface area contributed by atoms with E-state index in [9.17, 15) is 13.2 Å². The second-order valence-electron chi connectivity index (χ2n) is 5.63. The Kier molecular flexibility index (Phi) is 4.53. The molecule has 0 aliphatic rings. The maximum absolute atomic E-state index is 12.1. The molecule has 19 heavy (non-hydrogen) atoms. The molecule has 0 bridgehead atoms. The van der Waals surface area contributed by atoms with Crippen LogP contribution in [0, 0.1) is 0 Å². The zero-order chi connectivity index (χ0) is 14.8. The molecule has 1 aromatic rings. The average molecular weight is 282 g/mol. The first-order valence-electron chi connectivity index (χ1n) is 6.20. The van der Waals surface area contributed by atoms with Crippen molar-refractivity contribution < 1.29 is 13.2 Å². The van der Waals surface area contributed by atoms with Gasteiger partial charge in [0.15, 0.2) is 5.78 Å². The maximum Gasteiger partial charge on any atom is 0.235 e. The summed E-state index contributed by atoms with van der Waals surface area (Å²) < 4.78 is 22.5. The largest absolute Gasteiger partial charge is 0.293 e. The summed E-state index contributed by atoms with van der Waals surface area (Å²) in [5.74, 6) is -0.502. The van der Waals surface area contributed by atoms with E-state index in [4.69, 9.17) is 5.14 Å². The molecule has 1 radical (unpaired) electrons. The van der Waals surface area contributed by atoms with E-state index in [1.807, 2.05) is 12.1 Å². The number of carbonyl (C=O) groups is 1. The fourth-order valence-electron chi connectivity index (χ4n) is 1.87. The number of nitrogens with one attached hydrogen (secondary N) is 1. The van der Waals surface area contributed by atoms with Gasteiger partial charge in [0.1, 0.15) is 5.25 Å². The highest BCUT2D eigenvalue weighted by Gasteiger charge is 2.29. The summed E-state index contributed by atoms with van der Waals surface area (Å²) in [5.41, 5.74) is 1.40. The normalized spacial score (nSPS) is 14.2. The highest BCUT2D eigenvalue weighted by Crippen LogP contribution is 2.23. The molecule has 0 aliphatic carbocycles. The van der Waals surface area contributed by atoms with Crippen LogP contribution < -0.4 is 5.14 Å². The molecule has 0 spiro atoms. The monoisotopic (exact) mass is 282 g/mol. The zero-order valence-corrected chi connectivity index (χ0v) is 12.5. The van der Waals surface area contributed by atoms with Gasteiger partial charge in [0, 0.05) is 5.56 Å². The molecule has 0 aromatic heterocycles. The minimum Gasteiger partial charge on any atom is -0.293 e. The fourth-order valence-corrected chi connectivity index (χ4v) is 2.72. The maximum atomic E-state index is 12.1. The molecule has 0 fully saturated rings. The van der Waals surface area contributed by atoms with E-state index in [1.54, 1.807) is 19.1 Å². The van der Waals surface area contributed by atoms with Gasteiger partial charge in [-0.05, 0) is 17.4 Å². The zero-order valence-electron chi connectivity index (χ0n) is 11.7. The van der Waals surface area contributed by atoms with Crippen molar-refractivity contribution in [2.75, 3.05) is 0 Å². The van der Waals surface area contributed by atoms with E-state index in [1.165, 1.54) is 0 Å². The molecule has 1 unspecified atom stereocenters. The second kappa shape index (κ2) is 5.43. The van der Waals surface area contributed by atoms with Gasteiger partial charge in [0.05, 0.1) is 0 Å². The molecule has 0 amide bonds. The highest BCUT2D eigenvalue weighted by atomic mass is 32.2. The van der Waals surface area contributed by atoms with Crippen molar-refractivity contribution in [2.24, 2.45) is 0 Å². The summed E-state index contributed by atoms with van der Waals surface area (Å²) in [6.07, 6.45) is 0.117. The fraction of sp³-hybridized carbons (Fsp3) is 0.500. The second-order valence-corrected chi connectivity index (χ2v) is 7.29. The number of Topliss-reactive ketones (excluding diaryl/α,β-unsaturated/α-hetero) is 1. The van der Waals surface area contributed by atoms with Crippen LogP contribution in [-0.4, -0.2) is 19.5 Å². The first kappa shape index (κ1) is 15.9. The third-order valence-corrected chi connectivity index (χ3v) is 4.37. The van der Waals surface area contributed by atoms with Gasteiger partial charge in [-0.15, -0.1) is 5.14 Å². The minimum absolute atomic E-state index is 0.0206. The van der Waals surface area contributed by atoms with Crippen LogP contribution in [0.1, 0.15) is 50.0 Å². The molecule has 5 heteroatoms. The first-order chi connectivity index (χ1) is 8.57. The molecule has 0 saturated heterocycles. The molecule has 1 atom stereocenters. The quantitative estimate of drug-likeness (QED) is 0.796. The Morgan fingerprint density at radius 3 is 2.00 bits per heavy atom. The number of hydrogen-bond acceptors (Lipinski definition) is 3. The number of hydrogen-bond donors (Lipinski definition) is 0. The van der Waals surface area contributed by atoms with Crippen molar-refractivity contribution in [3.63, 3.8) is 0 Å². The standard InChI is InChI=1S/C14H20NO3S/c1-5-12(19(15,17)18)13(16)10-6-8-11(9-7-10)14(2,3)4/h6-9,12,15H,5H2,1-4H3. The highest BCUT2D eigenvalue weighted by molar-refractivity contribution is 7.90. The van der Waals surface area contributed by atoms with Gasteiger partial charge >= 0.3 is 0 Å². The number of benzene rings is 1. The predicted octanol–water partition coefficient (Wildman–Crippen LogP) is 2.56. The van der Waals surface area contributed by atoms with Gasteiger partial charge in [-0.3, -0.25) is 4.79 Å². The Morgan fingerprint density at radius 2 is 1.68 bits per heavy atom. The summed E-state index contributed by atoms with van der Waals surface area (Å²) in [6.45, 7) is 7.78. The van der Waals surface area contributed by atoms with Crippen LogP contribution in [0.15, 0.2) is 24.3 Å². The topological polar surface area (TPSA) is 75.0 Å². The van der Waals surface area contributed by atoms with Gasteiger partial charge in [0.2, 0.25) is 10.0 Å². The van der Waals surface area contributed by atoms with E-state index in [-0.39, 0.29) is 11.8 Å². The van der Waals surface area contributed by atoms with Crippen molar-refractivity contribution >= 4 is 15.8 Å². The summed E-state index contributed by atoms with van der Waals surface area (Å²) in [6, 6.07) is 6.93. The van der Waals surface area contributed by atoms with Gasteiger partial charge in [-0.1, -0.05) is 52.0 Å². The molecular weight excluding hydrogens is 262 g/mol. The SMILES string of the molecule is CCC(C(=O)c1ccc(C(C)(C)C)cc1)S([NH])(=O)=O. The Balaban J connectivity index is 3.08. The van der Waals surface area contributed by atoms with E-state index < -0.39 is 21.1 Å². The molecule has 0 heterocycles. The predicted molar refractivity (Wildman–Crippen MR) is 75.6 cm³/mol. The van der Waals surface area contributed by atoms with Crippen LogP contribution in [0.3, 0.4) is 0 Å². The third kappa shape index (κ3) is 3.88. The molecule has 105 valence electrons. The van der Waals surface area contributed by atoms with E-state index in [2.05, 4.69) is 20.8 Å². The summed E-state index contributed by atoms with van der Waals surface area (Å²) in [4.78, 5) is 12.1. The van der Waals surface area contributed by atoms with Gasteiger partial charge in [-0.2, -0.15) is 0 Å². The van der Waals surface area contributed by atoms with Gasteiger partial charge < -0.3 is 0 Å². The molecule has 0 aliphatic heterocycles. The molecule has 1 rings (SSSR count). The van der Waals surface area contributed by atoms with Crippen molar-refractivity contribution in [1.29, 1.82) is 0 Å². The summed E-state index contributed by atoms with van der Waals surface area (Å²) >= 11 is 0. The van der Waals surface area contributed by atoms with Crippen molar-refractivity contribution in [3.05, 3.63) is 35.4 Å². The Labute approximate surface area is 115 Å². The molecular formula is C14H20NO3S. The smallest absolute Gasteiger partial charge is 0.235 e. The molecule has 1 N–H and O–H groups in total. The van der Waals surface area contributed by atoms with Crippen molar-refractivity contribution in [2.45, 2.75) is 44.8 Å². The van der Waals surface area contributed by atoms with Gasteiger partial charge in [0.25, 0.3) is 0 Å². The summed E-state index contributed by atoms with van der Waals surface area (Å²) in [5, 5.41) is 5.79. The molecule has 4 nitrogen and oxygen atoms in total. The number of carbonyl (C=O) groups excluding carboxylic acids is 1. The van der Waals surface area contributed by atoms with Crippen LogP contribution in [0.25, 0.3) is 0 Å². The van der Waals surface area contributed by atoms with Crippen LogP contribution in [0.5, 0.6) is 0 Å². The third-order valence-electron chi connectivity index (χ3n) is 3.07. The summed E-state index contributed by atoms with van der Waals surface area (Å²) in [7, 11) is -4.10. The lowest BCUT2D eigenvalue weighted by Gasteiger charge is -2.19. The Bertz CT molecular complexity index is 553. The van der Waals surface area contributed by atoms with Crippen molar-refractivity contribution in [3.8, 4) is 0 Å².